The van der Waals surface area contributed by atoms with E-state index in [1.54, 1.807) is 0 Å². The monoisotopic (exact) mass is 300 g/mol. The van der Waals surface area contributed by atoms with Crippen molar-refractivity contribution in [2.75, 3.05) is 17.3 Å². The summed E-state index contributed by atoms with van der Waals surface area (Å²) < 4.78 is 0. The lowest BCUT2D eigenvalue weighted by Gasteiger charge is -2.32. The van der Waals surface area contributed by atoms with E-state index in [-0.39, 0.29) is 6.04 Å². The minimum Gasteiger partial charge on any atom is -0.323 e. The summed E-state index contributed by atoms with van der Waals surface area (Å²) in [6, 6.07) is 0.205. The standard InChI is InChI=1S/C13H20N2S3/c1-13(2)5-8(14)11-9(6-13)15-12(18-11)10-7-16-3-4-17-10/h8,10H,3-7,14H2,1-2H3. The Morgan fingerprint density at radius 3 is 2.89 bits per heavy atom. The Hall–Kier alpha value is 0.290. The molecule has 5 heteroatoms. The number of rotatable bonds is 1. The van der Waals surface area contributed by atoms with E-state index >= 15 is 0 Å². The average molecular weight is 301 g/mol. The highest BCUT2D eigenvalue weighted by molar-refractivity contribution is 8.06. The number of fused-ring (bicyclic) bond motifs is 1. The Kier molecular flexibility index (Phi) is 3.69. The number of thioether (sulfide) groups is 2. The summed E-state index contributed by atoms with van der Waals surface area (Å²) in [6.45, 7) is 4.61. The third-order valence-corrected chi connectivity index (χ3v) is 7.85. The first-order valence-electron chi connectivity index (χ1n) is 6.50. The van der Waals surface area contributed by atoms with Crippen molar-refractivity contribution in [3.05, 3.63) is 15.6 Å². The van der Waals surface area contributed by atoms with Gasteiger partial charge in [-0.15, -0.1) is 23.1 Å². The zero-order chi connectivity index (χ0) is 12.8. The lowest BCUT2D eigenvalue weighted by atomic mass is 9.77. The van der Waals surface area contributed by atoms with Crippen molar-refractivity contribution in [2.24, 2.45) is 11.1 Å². The first-order chi connectivity index (χ1) is 8.55. The van der Waals surface area contributed by atoms with Crippen LogP contribution in [0.3, 0.4) is 0 Å². The van der Waals surface area contributed by atoms with Gasteiger partial charge in [-0.05, 0) is 18.3 Å². The van der Waals surface area contributed by atoms with Gasteiger partial charge in [0, 0.05) is 28.2 Å². The molecule has 2 aliphatic rings. The number of nitrogens with two attached hydrogens (primary N) is 1. The Bertz CT molecular complexity index is 435. The van der Waals surface area contributed by atoms with Crippen LogP contribution in [0, 0.1) is 5.41 Å². The fourth-order valence-electron chi connectivity index (χ4n) is 2.78. The second-order valence-corrected chi connectivity index (χ2v) is 9.47. The van der Waals surface area contributed by atoms with Crippen molar-refractivity contribution in [2.45, 2.75) is 38.0 Å². The first kappa shape index (κ1) is 13.3. The predicted octanol–water partition coefficient (Wildman–Crippen LogP) is 3.64. The second-order valence-electron chi connectivity index (χ2n) is 5.95. The van der Waals surface area contributed by atoms with Gasteiger partial charge in [0.1, 0.15) is 5.01 Å². The molecule has 0 amide bonds. The second kappa shape index (κ2) is 5.00. The van der Waals surface area contributed by atoms with E-state index in [0.29, 0.717) is 10.7 Å². The van der Waals surface area contributed by atoms with Crippen LogP contribution in [0.5, 0.6) is 0 Å². The van der Waals surface area contributed by atoms with Gasteiger partial charge in [-0.25, -0.2) is 4.98 Å². The highest BCUT2D eigenvalue weighted by atomic mass is 32.2. The Morgan fingerprint density at radius 2 is 2.17 bits per heavy atom. The number of nitrogens with zero attached hydrogens (tertiary/aromatic N) is 1. The van der Waals surface area contributed by atoms with Crippen molar-refractivity contribution in [1.29, 1.82) is 0 Å². The van der Waals surface area contributed by atoms with E-state index in [4.69, 9.17) is 10.7 Å². The quantitative estimate of drug-likeness (QED) is 0.859. The Balaban J connectivity index is 1.87. The highest BCUT2D eigenvalue weighted by Gasteiger charge is 2.34. The summed E-state index contributed by atoms with van der Waals surface area (Å²) in [4.78, 5) is 6.29. The molecule has 0 spiro atoms. The van der Waals surface area contributed by atoms with Gasteiger partial charge in [0.15, 0.2) is 0 Å². The minimum atomic E-state index is 0.205. The molecule has 1 aromatic heterocycles. The molecule has 0 saturated carbocycles. The van der Waals surface area contributed by atoms with Gasteiger partial charge in [-0.2, -0.15) is 11.8 Å². The Labute approximate surface area is 122 Å². The fraction of sp³-hybridized carbons (Fsp3) is 0.769. The molecule has 1 aliphatic heterocycles. The van der Waals surface area contributed by atoms with Crippen LogP contribution in [0.1, 0.15) is 47.1 Å². The molecule has 100 valence electrons. The molecular weight excluding hydrogens is 280 g/mol. The van der Waals surface area contributed by atoms with Crippen LogP contribution in [0.2, 0.25) is 0 Å². The zero-order valence-electron chi connectivity index (χ0n) is 10.9. The molecule has 2 nitrogen and oxygen atoms in total. The van der Waals surface area contributed by atoms with E-state index < -0.39 is 0 Å². The SMILES string of the molecule is CC1(C)Cc2nc(C3CSCCS3)sc2C(N)C1. The van der Waals surface area contributed by atoms with Gasteiger partial charge < -0.3 is 5.73 Å². The van der Waals surface area contributed by atoms with Crippen LogP contribution in [0.4, 0.5) is 0 Å². The molecule has 2 N–H and O–H groups in total. The van der Waals surface area contributed by atoms with Gasteiger partial charge >= 0.3 is 0 Å². The van der Waals surface area contributed by atoms with Crippen molar-refractivity contribution in [3.8, 4) is 0 Å². The highest BCUT2D eigenvalue weighted by Crippen LogP contribution is 2.45. The summed E-state index contributed by atoms with van der Waals surface area (Å²) >= 11 is 6.01. The summed E-state index contributed by atoms with van der Waals surface area (Å²) in [5.74, 6) is 3.77. The van der Waals surface area contributed by atoms with E-state index in [2.05, 4.69) is 37.4 Å². The summed E-state index contributed by atoms with van der Waals surface area (Å²) in [6.07, 6.45) is 2.19. The van der Waals surface area contributed by atoms with Gasteiger partial charge in [0.2, 0.25) is 0 Å². The maximum Gasteiger partial charge on any atom is 0.107 e. The van der Waals surface area contributed by atoms with Gasteiger partial charge in [0.25, 0.3) is 0 Å². The maximum atomic E-state index is 6.32. The summed E-state index contributed by atoms with van der Waals surface area (Å²) in [7, 11) is 0. The molecular formula is C13H20N2S3. The lowest BCUT2D eigenvalue weighted by molar-refractivity contribution is 0.282. The maximum absolute atomic E-state index is 6.32. The van der Waals surface area contributed by atoms with Crippen molar-refractivity contribution < 1.29 is 0 Å². The van der Waals surface area contributed by atoms with Crippen molar-refractivity contribution in [1.82, 2.24) is 4.98 Å². The smallest absolute Gasteiger partial charge is 0.107 e. The molecule has 2 atom stereocenters. The number of hydrogen-bond acceptors (Lipinski definition) is 5. The van der Waals surface area contributed by atoms with Crippen LogP contribution in [-0.4, -0.2) is 22.2 Å². The Morgan fingerprint density at radius 1 is 1.33 bits per heavy atom. The number of hydrogen-bond donors (Lipinski definition) is 1. The van der Waals surface area contributed by atoms with Crippen LogP contribution >= 0.6 is 34.9 Å². The minimum absolute atomic E-state index is 0.205. The molecule has 1 fully saturated rings. The lowest BCUT2D eigenvalue weighted by Crippen LogP contribution is -2.28. The van der Waals surface area contributed by atoms with Crippen LogP contribution < -0.4 is 5.73 Å². The predicted molar refractivity (Wildman–Crippen MR) is 83.7 cm³/mol. The number of aromatic nitrogens is 1. The van der Waals surface area contributed by atoms with E-state index in [1.807, 2.05) is 11.3 Å². The molecule has 1 aromatic rings. The molecule has 2 unspecified atom stereocenters. The zero-order valence-corrected chi connectivity index (χ0v) is 13.4. The molecule has 0 aromatic carbocycles. The molecule has 18 heavy (non-hydrogen) atoms. The third-order valence-electron chi connectivity index (χ3n) is 3.59. The summed E-state index contributed by atoms with van der Waals surface area (Å²) in [5.41, 5.74) is 7.92. The largest absolute Gasteiger partial charge is 0.323 e. The number of thiazole rings is 1. The van der Waals surface area contributed by atoms with Crippen molar-refractivity contribution in [3.63, 3.8) is 0 Å². The van der Waals surface area contributed by atoms with Gasteiger partial charge in [-0.3, -0.25) is 0 Å². The van der Waals surface area contributed by atoms with E-state index in [1.165, 1.54) is 32.8 Å². The normalized spacial score (nSPS) is 31.1. The molecule has 0 radical (unpaired) electrons. The molecule has 1 saturated heterocycles. The van der Waals surface area contributed by atoms with Crippen LogP contribution in [-0.2, 0) is 6.42 Å². The molecule has 1 aliphatic carbocycles. The molecule has 2 heterocycles. The van der Waals surface area contributed by atoms with E-state index in [9.17, 15) is 0 Å². The molecule has 3 rings (SSSR count). The summed E-state index contributed by atoms with van der Waals surface area (Å²) in [5, 5.41) is 1.93. The first-order valence-corrected chi connectivity index (χ1v) is 9.51. The fourth-order valence-corrected chi connectivity index (χ4v) is 6.85. The topological polar surface area (TPSA) is 38.9 Å². The van der Waals surface area contributed by atoms with E-state index in [0.717, 1.165) is 12.8 Å². The van der Waals surface area contributed by atoms with Crippen LogP contribution in [0.25, 0.3) is 0 Å². The van der Waals surface area contributed by atoms with Gasteiger partial charge in [0.05, 0.1) is 10.9 Å². The molecule has 0 bridgehead atoms. The van der Waals surface area contributed by atoms with Crippen molar-refractivity contribution >= 4 is 34.9 Å². The average Bonchev–Trinajstić information content (AvgIpc) is 2.72. The van der Waals surface area contributed by atoms with Crippen LogP contribution in [0.15, 0.2) is 0 Å². The van der Waals surface area contributed by atoms with Gasteiger partial charge in [-0.1, -0.05) is 13.8 Å². The third kappa shape index (κ3) is 2.60.